The van der Waals surface area contributed by atoms with Gasteiger partial charge in [-0.2, -0.15) is 5.10 Å². The van der Waals surface area contributed by atoms with Gasteiger partial charge in [0, 0.05) is 17.1 Å². The number of halogens is 1. The van der Waals surface area contributed by atoms with Crippen molar-refractivity contribution in [3.8, 4) is 11.1 Å². The lowest BCUT2D eigenvalue weighted by Crippen LogP contribution is -1.98. The maximum absolute atomic E-state index is 6.19. The smallest absolute Gasteiger partial charge is 0.129 e. The van der Waals surface area contributed by atoms with Gasteiger partial charge in [-0.15, -0.1) is 0 Å². The topological polar surface area (TPSA) is 43.8 Å². The van der Waals surface area contributed by atoms with Gasteiger partial charge >= 0.3 is 0 Å². The molecule has 0 spiro atoms. The van der Waals surface area contributed by atoms with Crippen LogP contribution in [0.4, 0.5) is 5.82 Å². The van der Waals surface area contributed by atoms with Crippen LogP contribution >= 0.6 is 15.9 Å². The van der Waals surface area contributed by atoms with Crippen LogP contribution in [0.1, 0.15) is 38.3 Å². The molecule has 0 atom stereocenters. The number of hydrogen-bond acceptors (Lipinski definition) is 2. The van der Waals surface area contributed by atoms with Gasteiger partial charge in [0.15, 0.2) is 0 Å². The van der Waals surface area contributed by atoms with Gasteiger partial charge in [0.1, 0.15) is 5.82 Å². The Kier molecular flexibility index (Phi) is 5.24. The Morgan fingerprint density at radius 3 is 2.50 bits per heavy atom. The number of anilines is 1. The highest BCUT2D eigenvalue weighted by atomic mass is 79.9. The van der Waals surface area contributed by atoms with Crippen LogP contribution in [0.15, 0.2) is 28.7 Å². The van der Waals surface area contributed by atoms with E-state index in [1.807, 2.05) is 19.2 Å². The second kappa shape index (κ2) is 6.93. The Morgan fingerprint density at radius 1 is 1.15 bits per heavy atom. The minimum absolute atomic E-state index is 0.748. The highest BCUT2D eigenvalue weighted by molar-refractivity contribution is 9.10. The molecule has 0 aliphatic heterocycles. The summed E-state index contributed by atoms with van der Waals surface area (Å²) in [5.41, 5.74) is 9.54. The van der Waals surface area contributed by atoms with Crippen molar-refractivity contribution >= 4 is 21.7 Å². The van der Waals surface area contributed by atoms with E-state index in [-0.39, 0.29) is 0 Å². The van der Waals surface area contributed by atoms with Gasteiger partial charge in [-0.1, -0.05) is 54.2 Å². The molecular formula is C16H22BrN3. The van der Waals surface area contributed by atoms with Gasteiger partial charge < -0.3 is 5.73 Å². The zero-order valence-electron chi connectivity index (χ0n) is 12.2. The number of aryl methyl sites for hydroxylation is 2. The fourth-order valence-electron chi connectivity index (χ4n) is 2.42. The average molecular weight is 336 g/mol. The first kappa shape index (κ1) is 15.1. The Bertz CT molecular complexity index is 558. The number of rotatable bonds is 6. The van der Waals surface area contributed by atoms with Crippen LogP contribution in [0.5, 0.6) is 0 Å². The van der Waals surface area contributed by atoms with Gasteiger partial charge in [-0.25, -0.2) is 0 Å². The van der Waals surface area contributed by atoms with E-state index < -0.39 is 0 Å². The fraction of sp³-hybridized carbons (Fsp3) is 0.438. The van der Waals surface area contributed by atoms with Crippen molar-refractivity contribution in [1.29, 1.82) is 0 Å². The third kappa shape index (κ3) is 3.42. The lowest BCUT2D eigenvalue weighted by atomic mass is 10.0. The molecule has 2 rings (SSSR count). The summed E-state index contributed by atoms with van der Waals surface area (Å²) in [5, 5.41) is 4.59. The number of unbranched alkanes of at least 4 members (excludes halogenated alkanes) is 3. The molecule has 1 heterocycles. The van der Waals surface area contributed by atoms with Crippen molar-refractivity contribution < 1.29 is 0 Å². The van der Waals surface area contributed by atoms with E-state index in [1.165, 1.54) is 25.7 Å². The lowest BCUT2D eigenvalue weighted by Gasteiger charge is -2.04. The zero-order chi connectivity index (χ0) is 14.5. The maximum atomic E-state index is 6.19. The van der Waals surface area contributed by atoms with Gasteiger partial charge in [0.2, 0.25) is 0 Å². The number of benzene rings is 1. The molecule has 1 aromatic carbocycles. The van der Waals surface area contributed by atoms with Crippen molar-refractivity contribution in [2.75, 3.05) is 5.73 Å². The van der Waals surface area contributed by atoms with Crippen LogP contribution in [0.25, 0.3) is 11.1 Å². The highest BCUT2D eigenvalue weighted by Gasteiger charge is 2.15. The highest BCUT2D eigenvalue weighted by Crippen LogP contribution is 2.31. The van der Waals surface area contributed by atoms with Crippen molar-refractivity contribution in [3.63, 3.8) is 0 Å². The number of nitrogens with two attached hydrogens (primary N) is 1. The molecule has 0 aliphatic carbocycles. The van der Waals surface area contributed by atoms with E-state index in [0.29, 0.717) is 0 Å². The largest absolute Gasteiger partial charge is 0.383 e. The molecule has 1 aromatic heterocycles. The predicted molar refractivity (Wildman–Crippen MR) is 88.6 cm³/mol. The first-order chi connectivity index (χ1) is 9.63. The van der Waals surface area contributed by atoms with Crippen molar-refractivity contribution in [3.05, 3.63) is 34.4 Å². The quantitative estimate of drug-likeness (QED) is 0.786. The summed E-state index contributed by atoms with van der Waals surface area (Å²) in [7, 11) is 1.91. The molecule has 0 radical (unpaired) electrons. The Balaban J connectivity index is 2.24. The number of hydrogen-bond donors (Lipinski definition) is 1. The molecular weight excluding hydrogens is 314 g/mol. The molecule has 0 saturated heterocycles. The van der Waals surface area contributed by atoms with E-state index in [0.717, 1.165) is 33.5 Å². The van der Waals surface area contributed by atoms with Crippen LogP contribution < -0.4 is 5.73 Å². The van der Waals surface area contributed by atoms with Crippen molar-refractivity contribution in [1.82, 2.24) is 9.78 Å². The summed E-state index contributed by atoms with van der Waals surface area (Å²) in [6, 6.07) is 8.27. The number of nitrogen functional groups attached to an aromatic ring is 1. The molecule has 0 fully saturated rings. The van der Waals surface area contributed by atoms with Crippen LogP contribution in [0.3, 0.4) is 0 Å². The van der Waals surface area contributed by atoms with E-state index in [2.05, 4.69) is 40.1 Å². The number of aromatic nitrogens is 2. The summed E-state index contributed by atoms with van der Waals surface area (Å²) in [6.45, 7) is 2.23. The lowest BCUT2D eigenvalue weighted by molar-refractivity contribution is 0.651. The molecule has 0 amide bonds. The first-order valence-corrected chi connectivity index (χ1v) is 8.00. The maximum Gasteiger partial charge on any atom is 0.129 e. The van der Waals surface area contributed by atoms with Gasteiger partial charge in [0.05, 0.1) is 5.69 Å². The van der Waals surface area contributed by atoms with E-state index in [9.17, 15) is 0 Å². The molecule has 0 unspecified atom stereocenters. The Morgan fingerprint density at radius 2 is 1.85 bits per heavy atom. The van der Waals surface area contributed by atoms with Gasteiger partial charge in [0.25, 0.3) is 0 Å². The SMILES string of the molecule is CCCCCCc1nn(C)c(N)c1-c1ccc(Br)cc1. The Hall–Kier alpha value is -1.29. The molecule has 0 saturated carbocycles. The monoisotopic (exact) mass is 335 g/mol. The molecule has 4 heteroatoms. The summed E-state index contributed by atoms with van der Waals surface area (Å²) in [6.07, 6.45) is 5.97. The summed E-state index contributed by atoms with van der Waals surface area (Å²) in [5.74, 6) is 0.748. The fourth-order valence-corrected chi connectivity index (χ4v) is 2.68. The van der Waals surface area contributed by atoms with Gasteiger partial charge in [-0.3, -0.25) is 4.68 Å². The summed E-state index contributed by atoms with van der Waals surface area (Å²) < 4.78 is 2.86. The molecule has 108 valence electrons. The molecule has 0 aliphatic rings. The second-order valence-corrected chi connectivity index (χ2v) is 6.06. The summed E-state index contributed by atoms with van der Waals surface area (Å²) in [4.78, 5) is 0. The van der Waals surface area contributed by atoms with E-state index in [1.54, 1.807) is 4.68 Å². The third-order valence-electron chi connectivity index (χ3n) is 3.56. The second-order valence-electron chi connectivity index (χ2n) is 5.15. The minimum Gasteiger partial charge on any atom is -0.383 e. The molecule has 20 heavy (non-hydrogen) atoms. The van der Waals surface area contributed by atoms with Crippen molar-refractivity contribution in [2.45, 2.75) is 39.0 Å². The first-order valence-electron chi connectivity index (χ1n) is 7.20. The average Bonchev–Trinajstić information content (AvgIpc) is 2.72. The van der Waals surface area contributed by atoms with E-state index in [4.69, 9.17) is 5.73 Å². The van der Waals surface area contributed by atoms with E-state index >= 15 is 0 Å². The third-order valence-corrected chi connectivity index (χ3v) is 4.09. The van der Waals surface area contributed by atoms with Crippen molar-refractivity contribution in [2.24, 2.45) is 7.05 Å². The van der Waals surface area contributed by atoms with Crippen LogP contribution in [0, 0.1) is 0 Å². The number of nitrogens with zero attached hydrogens (tertiary/aromatic N) is 2. The standard InChI is InChI=1S/C16H22BrN3/c1-3-4-5-6-7-14-15(16(18)20(2)19-14)12-8-10-13(17)11-9-12/h8-11H,3-7,18H2,1-2H3. The molecule has 2 aromatic rings. The minimum atomic E-state index is 0.748. The Labute approximate surface area is 129 Å². The van der Waals surface area contributed by atoms with Crippen LogP contribution in [0.2, 0.25) is 0 Å². The molecule has 0 bridgehead atoms. The normalized spacial score (nSPS) is 10.9. The van der Waals surface area contributed by atoms with Crippen LogP contribution in [-0.4, -0.2) is 9.78 Å². The zero-order valence-corrected chi connectivity index (χ0v) is 13.8. The predicted octanol–water partition coefficient (Wildman–Crippen LogP) is 4.55. The van der Waals surface area contributed by atoms with Gasteiger partial charge in [-0.05, 0) is 30.5 Å². The summed E-state index contributed by atoms with van der Waals surface area (Å²) >= 11 is 3.47. The molecule has 3 nitrogen and oxygen atoms in total. The molecule has 2 N–H and O–H groups in total. The van der Waals surface area contributed by atoms with Crippen LogP contribution in [-0.2, 0) is 13.5 Å².